The first-order valence-corrected chi connectivity index (χ1v) is 5.43. The first-order chi connectivity index (χ1) is 7.90. The maximum absolute atomic E-state index is 5.34. The van der Waals surface area contributed by atoms with Gasteiger partial charge in [0.15, 0.2) is 5.82 Å². The number of methoxy groups -OCH3 is 1. The molecule has 0 unspecified atom stereocenters. The van der Waals surface area contributed by atoms with Crippen molar-refractivity contribution in [2.75, 3.05) is 7.11 Å². The van der Waals surface area contributed by atoms with Gasteiger partial charge in [-0.25, -0.2) is 0 Å². The summed E-state index contributed by atoms with van der Waals surface area (Å²) in [6, 6.07) is 8.49. The van der Waals surface area contributed by atoms with Crippen LogP contribution in [0.1, 0.15) is 18.9 Å². The highest BCUT2D eigenvalue weighted by Gasteiger charge is 2.27. The van der Waals surface area contributed by atoms with Gasteiger partial charge in [0.2, 0.25) is 0 Å². The summed E-state index contributed by atoms with van der Waals surface area (Å²) < 4.78 is 7.48. The van der Waals surface area contributed by atoms with Crippen LogP contribution in [0.15, 0.2) is 30.6 Å². The van der Waals surface area contributed by atoms with E-state index < -0.39 is 0 Å². The molecule has 4 heteroatoms. The van der Waals surface area contributed by atoms with E-state index in [2.05, 4.69) is 14.8 Å². The molecule has 2 aromatic rings. The van der Waals surface area contributed by atoms with Crippen molar-refractivity contribution < 1.29 is 4.74 Å². The summed E-state index contributed by atoms with van der Waals surface area (Å²) in [6.07, 6.45) is 4.25. The fourth-order valence-electron chi connectivity index (χ4n) is 1.88. The van der Waals surface area contributed by atoms with Crippen LogP contribution in [-0.4, -0.2) is 21.9 Å². The van der Waals surface area contributed by atoms with Crippen LogP contribution in [0.25, 0.3) is 11.4 Å². The largest absolute Gasteiger partial charge is 0.496 e. The van der Waals surface area contributed by atoms with Gasteiger partial charge in [-0.15, -0.1) is 10.2 Å². The van der Waals surface area contributed by atoms with E-state index in [-0.39, 0.29) is 0 Å². The molecule has 0 aliphatic heterocycles. The van der Waals surface area contributed by atoms with Crippen molar-refractivity contribution in [1.82, 2.24) is 14.8 Å². The van der Waals surface area contributed by atoms with Gasteiger partial charge in [-0.1, -0.05) is 12.1 Å². The number of benzene rings is 1. The third-order valence-electron chi connectivity index (χ3n) is 2.86. The predicted molar refractivity (Wildman–Crippen MR) is 60.3 cm³/mol. The zero-order valence-corrected chi connectivity index (χ0v) is 9.13. The van der Waals surface area contributed by atoms with Crippen molar-refractivity contribution in [3.63, 3.8) is 0 Å². The lowest BCUT2D eigenvalue weighted by molar-refractivity contribution is 0.416. The van der Waals surface area contributed by atoms with Gasteiger partial charge in [-0.2, -0.15) is 0 Å². The Morgan fingerprint density at radius 3 is 2.88 bits per heavy atom. The molecule has 4 nitrogen and oxygen atoms in total. The Hall–Kier alpha value is -1.84. The molecule has 82 valence electrons. The van der Waals surface area contributed by atoms with E-state index in [1.54, 1.807) is 13.4 Å². The third-order valence-corrected chi connectivity index (χ3v) is 2.86. The van der Waals surface area contributed by atoms with Crippen LogP contribution in [0.3, 0.4) is 0 Å². The third kappa shape index (κ3) is 1.46. The second kappa shape index (κ2) is 3.63. The van der Waals surface area contributed by atoms with Crippen LogP contribution in [0.2, 0.25) is 0 Å². The van der Waals surface area contributed by atoms with Crippen LogP contribution < -0.4 is 4.74 Å². The Bertz CT molecular complexity index is 502. The summed E-state index contributed by atoms with van der Waals surface area (Å²) in [5.74, 6) is 1.75. The van der Waals surface area contributed by atoms with Gasteiger partial charge in [0.25, 0.3) is 0 Å². The molecule has 0 saturated heterocycles. The molecule has 0 atom stereocenters. The molecule has 0 radical (unpaired) electrons. The van der Waals surface area contributed by atoms with Crippen LogP contribution in [-0.2, 0) is 0 Å². The average molecular weight is 215 g/mol. The lowest BCUT2D eigenvalue weighted by Gasteiger charge is -2.08. The zero-order chi connectivity index (χ0) is 11.0. The van der Waals surface area contributed by atoms with Gasteiger partial charge in [0.1, 0.15) is 12.1 Å². The SMILES string of the molecule is COc1ccccc1-c1nncn1C1CC1. The van der Waals surface area contributed by atoms with E-state index in [4.69, 9.17) is 4.74 Å². The maximum Gasteiger partial charge on any atom is 0.167 e. The normalized spacial score (nSPS) is 15.1. The molecule has 1 saturated carbocycles. The van der Waals surface area contributed by atoms with Gasteiger partial charge >= 0.3 is 0 Å². The highest BCUT2D eigenvalue weighted by atomic mass is 16.5. The molecule has 0 bridgehead atoms. The van der Waals surface area contributed by atoms with Gasteiger partial charge in [0.05, 0.1) is 12.7 Å². The molecular formula is C12H13N3O. The number of nitrogens with zero attached hydrogens (tertiary/aromatic N) is 3. The fourth-order valence-corrected chi connectivity index (χ4v) is 1.88. The van der Waals surface area contributed by atoms with E-state index in [9.17, 15) is 0 Å². The van der Waals surface area contributed by atoms with Gasteiger partial charge in [-0.3, -0.25) is 0 Å². The van der Waals surface area contributed by atoms with Crippen molar-refractivity contribution in [2.24, 2.45) is 0 Å². The van der Waals surface area contributed by atoms with Crippen LogP contribution in [0.4, 0.5) is 0 Å². The second-order valence-electron chi connectivity index (χ2n) is 3.99. The van der Waals surface area contributed by atoms with E-state index in [1.807, 2.05) is 24.3 Å². The maximum atomic E-state index is 5.34. The van der Waals surface area contributed by atoms with Crippen molar-refractivity contribution >= 4 is 0 Å². The predicted octanol–water partition coefficient (Wildman–Crippen LogP) is 2.29. The summed E-state index contributed by atoms with van der Waals surface area (Å²) in [6.45, 7) is 0. The molecule has 16 heavy (non-hydrogen) atoms. The summed E-state index contributed by atoms with van der Waals surface area (Å²) >= 11 is 0. The molecule has 0 spiro atoms. The summed E-state index contributed by atoms with van der Waals surface area (Å²) in [5.41, 5.74) is 1.01. The molecular weight excluding hydrogens is 202 g/mol. The number of ether oxygens (including phenoxy) is 1. The highest BCUT2D eigenvalue weighted by Crippen LogP contribution is 2.39. The number of para-hydroxylation sites is 1. The average Bonchev–Trinajstić information content (AvgIpc) is 3.07. The van der Waals surface area contributed by atoms with E-state index in [1.165, 1.54) is 12.8 Å². The molecule has 1 heterocycles. The number of hydrogen-bond acceptors (Lipinski definition) is 3. The Balaban J connectivity index is 2.10. The number of aromatic nitrogens is 3. The topological polar surface area (TPSA) is 39.9 Å². The summed E-state index contributed by atoms with van der Waals surface area (Å²) in [4.78, 5) is 0. The number of hydrogen-bond donors (Lipinski definition) is 0. The molecule has 0 amide bonds. The summed E-state index contributed by atoms with van der Waals surface area (Å²) in [7, 11) is 1.68. The molecule has 1 aromatic heterocycles. The van der Waals surface area contributed by atoms with Crippen molar-refractivity contribution in [3.05, 3.63) is 30.6 Å². The summed E-state index contributed by atoms with van der Waals surface area (Å²) in [5, 5.41) is 8.18. The minimum absolute atomic E-state index is 0.579. The monoisotopic (exact) mass is 215 g/mol. The molecule has 1 fully saturated rings. The minimum atomic E-state index is 0.579. The van der Waals surface area contributed by atoms with E-state index >= 15 is 0 Å². The van der Waals surface area contributed by atoms with Gasteiger partial charge in [-0.05, 0) is 25.0 Å². The Labute approximate surface area is 93.9 Å². The van der Waals surface area contributed by atoms with Crippen LogP contribution in [0, 0.1) is 0 Å². The van der Waals surface area contributed by atoms with E-state index in [0.29, 0.717) is 6.04 Å². The molecule has 1 aliphatic rings. The van der Waals surface area contributed by atoms with Gasteiger partial charge in [0, 0.05) is 6.04 Å². The molecule has 3 rings (SSSR count). The highest BCUT2D eigenvalue weighted by molar-refractivity contribution is 5.64. The van der Waals surface area contributed by atoms with E-state index in [0.717, 1.165) is 17.1 Å². The van der Waals surface area contributed by atoms with Crippen LogP contribution in [0.5, 0.6) is 5.75 Å². The second-order valence-corrected chi connectivity index (χ2v) is 3.99. The minimum Gasteiger partial charge on any atom is -0.496 e. The zero-order valence-electron chi connectivity index (χ0n) is 9.13. The molecule has 1 aliphatic carbocycles. The van der Waals surface area contributed by atoms with Crippen molar-refractivity contribution in [1.29, 1.82) is 0 Å². The lowest BCUT2D eigenvalue weighted by atomic mass is 10.2. The Kier molecular flexibility index (Phi) is 2.13. The van der Waals surface area contributed by atoms with Crippen LogP contribution >= 0.6 is 0 Å². The first kappa shape index (κ1) is 9.39. The quantitative estimate of drug-likeness (QED) is 0.788. The number of rotatable bonds is 3. The fraction of sp³-hybridized carbons (Fsp3) is 0.333. The molecule has 1 aromatic carbocycles. The standard InChI is InChI=1S/C12H13N3O/c1-16-11-5-3-2-4-10(11)12-14-13-8-15(12)9-6-7-9/h2-5,8-9H,6-7H2,1H3. The Morgan fingerprint density at radius 2 is 2.12 bits per heavy atom. The Morgan fingerprint density at radius 1 is 1.31 bits per heavy atom. The molecule has 0 N–H and O–H groups in total. The smallest absolute Gasteiger partial charge is 0.167 e. The van der Waals surface area contributed by atoms with Crippen molar-refractivity contribution in [2.45, 2.75) is 18.9 Å². The van der Waals surface area contributed by atoms with Gasteiger partial charge < -0.3 is 9.30 Å². The lowest BCUT2D eigenvalue weighted by Crippen LogP contribution is -1.97. The first-order valence-electron chi connectivity index (χ1n) is 5.43. The van der Waals surface area contributed by atoms with Crippen molar-refractivity contribution in [3.8, 4) is 17.1 Å².